The smallest absolute Gasteiger partial charge is 0.249 e. The first-order valence-electron chi connectivity index (χ1n) is 10.0. The molecule has 2 aliphatic rings. The van der Waals surface area contributed by atoms with Crippen LogP contribution in [0, 0.1) is 5.92 Å². The predicted molar refractivity (Wildman–Crippen MR) is 101 cm³/mol. The lowest BCUT2D eigenvalue weighted by Gasteiger charge is -2.22. The number of hydrogen-bond donors (Lipinski definition) is 0. The lowest BCUT2D eigenvalue weighted by Crippen LogP contribution is -2.30. The van der Waals surface area contributed by atoms with E-state index in [0.29, 0.717) is 18.1 Å². The highest BCUT2D eigenvalue weighted by Crippen LogP contribution is 2.34. The van der Waals surface area contributed by atoms with Crippen molar-refractivity contribution in [2.75, 3.05) is 13.7 Å². The molecule has 1 saturated carbocycles. The Bertz CT molecular complexity index is 765. The first-order valence-corrected chi connectivity index (χ1v) is 10.0. The number of aromatic nitrogens is 2. The normalized spacial score (nSPS) is 20.3. The third-order valence-electron chi connectivity index (χ3n) is 5.89. The average Bonchev–Trinajstić information content (AvgIpc) is 3.47. The van der Waals surface area contributed by atoms with Gasteiger partial charge in [0, 0.05) is 18.5 Å². The van der Waals surface area contributed by atoms with Crippen LogP contribution >= 0.6 is 0 Å². The van der Waals surface area contributed by atoms with Crippen LogP contribution in [0.15, 0.2) is 28.8 Å². The molecule has 27 heavy (non-hydrogen) atoms. The zero-order valence-corrected chi connectivity index (χ0v) is 15.9. The summed E-state index contributed by atoms with van der Waals surface area (Å²) < 4.78 is 10.7. The first-order chi connectivity index (χ1) is 13.2. The molecule has 0 radical (unpaired) electrons. The number of likely N-dealkylation sites (tertiary alicyclic amines) is 1. The third kappa shape index (κ3) is 3.99. The van der Waals surface area contributed by atoms with E-state index in [1.165, 1.54) is 25.7 Å². The van der Waals surface area contributed by atoms with E-state index in [9.17, 15) is 4.79 Å². The maximum atomic E-state index is 12.8. The van der Waals surface area contributed by atoms with E-state index in [1.807, 2.05) is 29.2 Å². The van der Waals surface area contributed by atoms with E-state index in [-0.39, 0.29) is 11.9 Å². The molecule has 1 aromatic heterocycles. The van der Waals surface area contributed by atoms with E-state index in [0.717, 1.165) is 43.0 Å². The third-order valence-corrected chi connectivity index (χ3v) is 5.89. The van der Waals surface area contributed by atoms with Crippen LogP contribution in [-0.2, 0) is 4.79 Å². The van der Waals surface area contributed by atoms with Gasteiger partial charge in [0.2, 0.25) is 17.6 Å². The van der Waals surface area contributed by atoms with E-state index in [2.05, 4.69) is 10.1 Å². The second-order valence-corrected chi connectivity index (χ2v) is 7.62. The van der Waals surface area contributed by atoms with Gasteiger partial charge in [-0.25, -0.2) is 0 Å². The van der Waals surface area contributed by atoms with Crippen LogP contribution in [0.3, 0.4) is 0 Å². The monoisotopic (exact) mass is 369 g/mol. The van der Waals surface area contributed by atoms with Gasteiger partial charge in [-0.05, 0) is 49.4 Å². The van der Waals surface area contributed by atoms with Gasteiger partial charge in [-0.3, -0.25) is 4.79 Å². The summed E-state index contributed by atoms with van der Waals surface area (Å²) >= 11 is 0. The number of ether oxygens (including phenoxy) is 1. The number of methoxy groups -OCH3 is 1. The fourth-order valence-electron chi connectivity index (χ4n) is 4.32. The summed E-state index contributed by atoms with van der Waals surface area (Å²) in [7, 11) is 1.64. The summed E-state index contributed by atoms with van der Waals surface area (Å²) in [4.78, 5) is 19.3. The number of hydrogen-bond acceptors (Lipinski definition) is 5. The van der Waals surface area contributed by atoms with Crippen molar-refractivity contribution in [2.45, 2.75) is 57.4 Å². The van der Waals surface area contributed by atoms with Crippen molar-refractivity contribution < 1.29 is 14.1 Å². The Morgan fingerprint density at radius 3 is 2.70 bits per heavy atom. The molecule has 2 fully saturated rings. The van der Waals surface area contributed by atoms with Crippen LogP contribution in [0.25, 0.3) is 11.4 Å². The summed E-state index contributed by atoms with van der Waals surface area (Å²) in [5.74, 6) is 2.86. The molecule has 6 nitrogen and oxygen atoms in total. The Morgan fingerprint density at radius 2 is 1.96 bits per heavy atom. The molecular weight excluding hydrogens is 342 g/mol. The Balaban J connectivity index is 1.42. The van der Waals surface area contributed by atoms with Crippen LogP contribution < -0.4 is 4.74 Å². The molecule has 1 aromatic carbocycles. The van der Waals surface area contributed by atoms with Gasteiger partial charge >= 0.3 is 0 Å². The van der Waals surface area contributed by atoms with Crippen molar-refractivity contribution in [3.05, 3.63) is 30.2 Å². The summed E-state index contributed by atoms with van der Waals surface area (Å²) in [6, 6.07) is 7.49. The summed E-state index contributed by atoms with van der Waals surface area (Å²) in [6.45, 7) is 0.786. The molecule has 1 amide bonds. The highest BCUT2D eigenvalue weighted by molar-refractivity contribution is 5.77. The Kier molecular flexibility index (Phi) is 5.41. The average molecular weight is 369 g/mol. The van der Waals surface area contributed by atoms with Gasteiger partial charge in [-0.1, -0.05) is 30.8 Å². The molecule has 0 spiro atoms. The minimum Gasteiger partial charge on any atom is -0.497 e. The summed E-state index contributed by atoms with van der Waals surface area (Å²) in [5.41, 5.74) is 0.878. The molecule has 2 heterocycles. The SMILES string of the molecule is COc1ccc(-c2noc([C@@H]3CCCN3C(=O)CCC3CCCC3)n2)cc1. The summed E-state index contributed by atoms with van der Waals surface area (Å²) in [5, 5.41) is 4.12. The van der Waals surface area contributed by atoms with Crippen molar-refractivity contribution in [1.29, 1.82) is 0 Å². The Labute approximate surface area is 159 Å². The quantitative estimate of drug-likeness (QED) is 0.756. The van der Waals surface area contributed by atoms with Crippen LogP contribution in [0.2, 0.25) is 0 Å². The fraction of sp³-hybridized carbons (Fsp3) is 0.571. The van der Waals surface area contributed by atoms with Gasteiger partial charge in [0.15, 0.2) is 0 Å². The minimum absolute atomic E-state index is 0.0828. The second kappa shape index (κ2) is 8.11. The molecule has 0 unspecified atom stereocenters. The first kappa shape index (κ1) is 18.0. The lowest BCUT2D eigenvalue weighted by atomic mass is 10.0. The number of rotatable bonds is 6. The molecule has 1 aliphatic carbocycles. The van der Waals surface area contributed by atoms with E-state index in [4.69, 9.17) is 9.26 Å². The van der Waals surface area contributed by atoms with Crippen LogP contribution in [0.5, 0.6) is 5.75 Å². The van der Waals surface area contributed by atoms with Crippen LogP contribution in [-0.4, -0.2) is 34.6 Å². The maximum Gasteiger partial charge on any atom is 0.249 e. The molecular formula is C21H27N3O3. The van der Waals surface area contributed by atoms with Gasteiger partial charge in [0.1, 0.15) is 11.8 Å². The van der Waals surface area contributed by atoms with Gasteiger partial charge in [-0.2, -0.15) is 4.98 Å². The topological polar surface area (TPSA) is 68.5 Å². The standard InChI is InChI=1S/C21H27N3O3/c1-26-17-11-9-16(10-12-17)20-22-21(27-23-20)18-7-4-14-24(18)19(25)13-8-15-5-2-3-6-15/h9-12,15,18H,2-8,13-14H2,1H3/t18-/m0/s1. The second-order valence-electron chi connectivity index (χ2n) is 7.62. The molecule has 2 aromatic rings. The Morgan fingerprint density at radius 1 is 1.19 bits per heavy atom. The minimum atomic E-state index is -0.0828. The van der Waals surface area contributed by atoms with E-state index < -0.39 is 0 Å². The molecule has 0 N–H and O–H groups in total. The van der Waals surface area contributed by atoms with Gasteiger partial charge in [0.05, 0.1) is 7.11 Å². The molecule has 144 valence electrons. The van der Waals surface area contributed by atoms with Gasteiger partial charge in [0.25, 0.3) is 0 Å². The zero-order valence-electron chi connectivity index (χ0n) is 15.9. The number of nitrogens with zero attached hydrogens (tertiary/aromatic N) is 3. The maximum absolute atomic E-state index is 12.8. The fourth-order valence-corrected chi connectivity index (χ4v) is 4.32. The molecule has 0 bridgehead atoms. The number of carbonyl (C=O) groups excluding carboxylic acids is 1. The van der Waals surface area contributed by atoms with Gasteiger partial charge < -0.3 is 14.2 Å². The molecule has 1 aliphatic heterocycles. The largest absolute Gasteiger partial charge is 0.497 e. The Hall–Kier alpha value is -2.37. The number of carbonyl (C=O) groups is 1. The van der Waals surface area contributed by atoms with Crippen molar-refractivity contribution in [3.8, 4) is 17.1 Å². The van der Waals surface area contributed by atoms with Crippen molar-refractivity contribution in [2.24, 2.45) is 5.92 Å². The van der Waals surface area contributed by atoms with E-state index >= 15 is 0 Å². The van der Waals surface area contributed by atoms with Crippen molar-refractivity contribution in [3.63, 3.8) is 0 Å². The molecule has 4 rings (SSSR count). The predicted octanol–water partition coefficient (Wildman–Crippen LogP) is 4.38. The zero-order chi connectivity index (χ0) is 18.6. The van der Waals surface area contributed by atoms with Crippen molar-refractivity contribution in [1.82, 2.24) is 15.0 Å². The van der Waals surface area contributed by atoms with Crippen LogP contribution in [0.1, 0.15) is 63.3 Å². The molecule has 6 heteroatoms. The van der Waals surface area contributed by atoms with Crippen molar-refractivity contribution >= 4 is 5.91 Å². The van der Waals surface area contributed by atoms with Gasteiger partial charge in [-0.15, -0.1) is 0 Å². The highest BCUT2D eigenvalue weighted by atomic mass is 16.5. The molecule has 1 saturated heterocycles. The summed E-state index contributed by atoms with van der Waals surface area (Å²) in [6.07, 6.45) is 8.74. The number of amides is 1. The molecule has 1 atom stereocenters. The van der Waals surface area contributed by atoms with E-state index in [1.54, 1.807) is 7.11 Å². The highest BCUT2D eigenvalue weighted by Gasteiger charge is 2.34. The lowest BCUT2D eigenvalue weighted by molar-refractivity contribution is -0.132. The number of benzene rings is 1. The van der Waals surface area contributed by atoms with Crippen LogP contribution in [0.4, 0.5) is 0 Å².